The Kier molecular flexibility index (Phi) is 4.80. The number of anilines is 1. The number of nitrogens with zero attached hydrogens (tertiary/aromatic N) is 2. The molecular weight excluding hydrogens is 362 g/mol. The molecule has 4 rings (SSSR count). The van der Waals surface area contributed by atoms with Crippen molar-refractivity contribution in [2.45, 2.75) is 27.2 Å². The molecule has 2 aromatic heterocycles. The third kappa shape index (κ3) is 3.59. The summed E-state index contributed by atoms with van der Waals surface area (Å²) in [4.78, 5) is 17.7. The summed E-state index contributed by atoms with van der Waals surface area (Å²) in [5.74, 6) is -0.163. The zero-order chi connectivity index (χ0) is 20.5. The number of phenolic OH excluding ortho intramolecular Hbond substituents is 1. The minimum absolute atomic E-state index is 0.0456. The lowest BCUT2D eigenvalue weighted by atomic mass is 10.0. The van der Waals surface area contributed by atoms with Gasteiger partial charge in [0.05, 0.1) is 23.5 Å². The Labute approximate surface area is 169 Å². The first-order chi connectivity index (χ1) is 13.9. The van der Waals surface area contributed by atoms with Crippen LogP contribution in [0.2, 0.25) is 0 Å². The number of nitrogens with one attached hydrogen (secondary N) is 1. The van der Waals surface area contributed by atoms with Crippen LogP contribution >= 0.6 is 0 Å². The van der Waals surface area contributed by atoms with Crippen molar-refractivity contribution in [3.05, 3.63) is 83.2 Å². The van der Waals surface area contributed by atoms with E-state index in [2.05, 4.69) is 31.3 Å². The normalized spacial score (nSPS) is 11.0. The lowest BCUT2D eigenvalue weighted by molar-refractivity contribution is -0.115. The van der Waals surface area contributed by atoms with Crippen LogP contribution in [0.1, 0.15) is 22.4 Å². The average molecular weight is 385 g/mol. The van der Waals surface area contributed by atoms with Crippen LogP contribution in [-0.2, 0) is 11.2 Å². The Morgan fingerprint density at radius 3 is 2.55 bits per heavy atom. The van der Waals surface area contributed by atoms with Crippen LogP contribution in [0.3, 0.4) is 0 Å². The molecule has 29 heavy (non-hydrogen) atoms. The van der Waals surface area contributed by atoms with E-state index in [0.29, 0.717) is 5.69 Å². The van der Waals surface area contributed by atoms with E-state index < -0.39 is 0 Å². The van der Waals surface area contributed by atoms with Gasteiger partial charge in [0.2, 0.25) is 5.91 Å². The number of amides is 1. The van der Waals surface area contributed by atoms with E-state index in [1.54, 1.807) is 24.3 Å². The highest BCUT2D eigenvalue weighted by atomic mass is 16.3. The maximum Gasteiger partial charge on any atom is 0.230 e. The fraction of sp³-hybridized carbons (Fsp3) is 0.167. The second-order valence-electron chi connectivity index (χ2n) is 7.33. The van der Waals surface area contributed by atoms with Gasteiger partial charge in [0.15, 0.2) is 0 Å². The fourth-order valence-corrected chi connectivity index (χ4v) is 3.47. The maximum absolute atomic E-state index is 12.8. The number of hydrogen-bond donors (Lipinski definition) is 2. The largest absolute Gasteiger partial charge is 0.506 e. The first kappa shape index (κ1) is 18.7. The topological polar surface area (TPSA) is 66.6 Å². The number of benzene rings is 2. The molecule has 0 saturated carbocycles. The molecule has 0 atom stereocenters. The van der Waals surface area contributed by atoms with Gasteiger partial charge in [-0.1, -0.05) is 30.3 Å². The summed E-state index contributed by atoms with van der Waals surface area (Å²) in [6, 6.07) is 16.9. The number of pyridine rings is 1. The molecule has 4 aromatic rings. The molecule has 5 heteroatoms. The zero-order valence-electron chi connectivity index (χ0n) is 16.7. The Bertz CT molecular complexity index is 1220. The van der Waals surface area contributed by atoms with Crippen LogP contribution in [-0.4, -0.2) is 20.4 Å². The molecule has 0 radical (unpaired) electrons. The second kappa shape index (κ2) is 7.43. The minimum atomic E-state index is -0.208. The molecule has 0 fully saturated rings. The summed E-state index contributed by atoms with van der Waals surface area (Å²) < 4.78 is 1.98. The fourth-order valence-electron chi connectivity index (χ4n) is 3.47. The van der Waals surface area contributed by atoms with Gasteiger partial charge in [-0.15, -0.1) is 0 Å². The first-order valence-corrected chi connectivity index (χ1v) is 9.56. The molecule has 0 aliphatic rings. The van der Waals surface area contributed by atoms with Crippen LogP contribution in [0.15, 0.2) is 60.8 Å². The quantitative estimate of drug-likeness (QED) is 0.495. The third-order valence-electron chi connectivity index (χ3n) is 5.23. The van der Waals surface area contributed by atoms with Crippen molar-refractivity contribution in [1.82, 2.24) is 9.38 Å². The molecule has 0 saturated heterocycles. The van der Waals surface area contributed by atoms with E-state index in [4.69, 9.17) is 4.98 Å². The van der Waals surface area contributed by atoms with Crippen molar-refractivity contribution in [1.29, 1.82) is 0 Å². The SMILES string of the molecule is Cc1ccc(-c2nc3c(C)cccn3c2CC(=O)Nc2ccccc2O)cc1C. The summed E-state index contributed by atoms with van der Waals surface area (Å²) in [6.45, 7) is 6.16. The first-order valence-electron chi connectivity index (χ1n) is 9.56. The molecule has 5 nitrogen and oxygen atoms in total. The van der Waals surface area contributed by atoms with Crippen LogP contribution in [0, 0.1) is 20.8 Å². The number of aromatic nitrogens is 2. The number of imidazole rings is 1. The number of hydrogen-bond acceptors (Lipinski definition) is 3. The minimum Gasteiger partial charge on any atom is -0.506 e. The molecule has 2 N–H and O–H groups in total. The van der Waals surface area contributed by atoms with E-state index in [-0.39, 0.29) is 18.1 Å². The summed E-state index contributed by atoms with van der Waals surface area (Å²) >= 11 is 0. The maximum atomic E-state index is 12.8. The number of aryl methyl sites for hydroxylation is 3. The van der Waals surface area contributed by atoms with E-state index >= 15 is 0 Å². The molecule has 1 amide bonds. The third-order valence-corrected chi connectivity index (χ3v) is 5.23. The molecular formula is C24H23N3O2. The van der Waals surface area contributed by atoms with Crippen molar-refractivity contribution in [2.24, 2.45) is 0 Å². The van der Waals surface area contributed by atoms with E-state index in [9.17, 15) is 9.90 Å². The highest BCUT2D eigenvalue weighted by Crippen LogP contribution is 2.28. The van der Waals surface area contributed by atoms with Gasteiger partial charge in [0, 0.05) is 11.8 Å². The summed E-state index contributed by atoms with van der Waals surface area (Å²) in [6.07, 6.45) is 2.07. The molecule has 2 aromatic carbocycles. The van der Waals surface area contributed by atoms with Gasteiger partial charge < -0.3 is 14.8 Å². The van der Waals surface area contributed by atoms with Crippen LogP contribution < -0.4 is 5.32 Å². The number of carbonyl (C=O) groups is 1. The number of phenols is 1. The van der Waals surface area contributed by atoms with E-state index in [0.717, 1.165) is 28.2 Å². The van der Waals surface area contributed by atoms with Crippen molar-refractivity contribution in [3.8, 4) is 17.0 Å². The molecule has 146 valence electrons. The second-order valence-corrected chi connectivity index (χ2v) is 7.33. The van der Waals surface area contributed by atoms with Gasteiger partial charge in [-0.2, -0.15) is 0 Å². The molecule has 0 aliphatic carbocycles. The van der Waals surface area contributed by atoms with Crippen molar-refractivity contribution in [2.75, 3.05) is 5.32 Å². The van der Waals surface area contributed by atoms with Crippen LogP contribution in [0.25, 0.3) is 16.9 Å². The van der Waals surface area contributed by atoms with Gasteiger partial charge in [0.1, 0.15) is 11.4 Å². The van der Waals surface area contributed by atoms with Crippen molar-refractivity contribution >= 4 is 17.2 Å². The van der Waals surface area contributed by atoms with Gasteiger partial charge in [0.25, 0.3) is 0 Å². The highest BCUT2D eigenvalue weighted by molar-refractivity contribution is 5.94. The van der Waals surface area contributed by atoms with Crippen LogP contribution in [0.5, 0.6) is 5.75 Å². The molecule has 0 spiro atoms. The van der Waals surface area contributed by atoms with Crippen molar-refractivity contribution in [3.63, 3.8) is 0 Å². The lowest BCUT2D eigenvalue weighted by Crippen LogP contribution is -2.16. The van der Waals surface area contributed by atoms with E-state index in [1.807, 2.05) is 35.7 Å². The summed E-state index contributed by atoms with van der Waals surface area (Å²) in [5, 5.41) is 12.7. The van der Waals surface area contributed by atoms with Crippen LogP contribution in [0.4, 0.5) is 5.69 Å². The predicted molar refractivity (Wildman–Crippen MR) is 115 cm³/mol. The predicted octanol–water partition coefficient (Wildman–Crippen LogP) is 4.81. The lowest BCUT2D eigenvalue weighted by Gasteiger charge is -2.09. The highest BCUT2D eigenvalue weighted by Gasteiger charge is 2.19. The van der Waals surface area contributed by atoms with Gasteiger partial charge >= 0.3 is 0 Å². The van der Waals surface area contributed by atoms with Gasteiger partial charge in [-0.25, -0.2) is 4.98 Å². The summed E-state index contributed by atoms with van der Waals surface area (Å²) in [5.41, 5.74) is 7.29. The number of para-hydroxylation sites is 2. The number of rotatable bonds is 4. The summed E-state index contributed by atoms with van der Waals surface area (Å²) in [7, 11) is 0. The number of carbonyl (C=O) groups excluding carboxylic acids is 1. The molecule has 0 aliphatic heterocycles. The molecule has 0 unspecified atom stereocenters. The standard InChI is InChI=1S/C24H23N3O2/c1-15-10-11-18(13-17(15)3)23-20(27-12-6-7-16(2)24(27)26-23)14-22(29)25-19-8-4-5-9-21(19)28/h4-13,28H,14H2,1-3H3,(H,25,29). The Balaban J connectivity index is 1.77. The average Bonchev–Trinajstić information content (AvgIpc) is 3.06. The molecule has 2 heterocycles. The monoisotopic (exact) mass is 385 g/mol. The smallest absolute Gasteiger partial charge is 0.230 e. The Hall–Kier alpha value is -3.60. The van der Waals surface area contributed by atoms with Gasteiger partial charge in [-0.3, -0.25) is 4.79 Å². The Morgan fingerprint density at radius 2 is 1.79 bits per heavy atom. The Morgan fingerprint density at radius 1 is 1.00 bits per heavy atom. The van der Waals surface area contributed by atoms with E-state index in [1.165, 1.54) is 11.1 Å². The van der Waals surface area contributed by atoms with Gasteiger partial charge in [-0.05, 0) is 61.7 Å². The zero-order valence-corrected chi connectivity index (χ0v) is 16.7. The molecule has 0 bridgehead atoms. The van der Waals surface area contributed by atoms with Crippen molar-refractivity contribution < 1.29 is 9.90 Å². The number of aromatic hydroxyl groups is 1. The number of fused-ring (bicyclic) bond motifs is 1.